The molecular formula is C22H33NO5. The third kappa shape index (κ3) is 2.35. The molecule has 2 aliphatic carbocycles. The summed E-state index contributed by atoms with van der Waals surface area (Å²) in [6.07, 6.45) is 7.12. The predicted molar refractivity (Wildman–Crippen MR) is 103 cm³/mol. The lowest BCUT2D eigenvalue weighted by Crippen LogP contribution is -2.74. The van der Waals surface area contributed by atoms with Crippen LogP contribution < -0.4 is 0 Å². The molecule has 3 aliphatic heterocycles. The van der Waals surface area contributed by atoms with Gasteiger partial charge in [0, 0.05) is 25.0 Å². The standard InChI is InChI=1S/C22H33NO5/c1-13-11-14(2)27-20-21-7-9-23(3)17(22(21,24)8-10-26-13)12-15-5-6-16(25-4)19(28-20)18(15)21/h5-6,13-15,17-18,20,24H,7-12H2,1-4H3/t13-,14+,15?,17-,18?,20?,21+,22?/m1/s1. The molecule has 5 rings (SSSR count). The fourth-order valence-electron chi connectivity index (χ4n) is 6.80. The Balaban J connectivity index is 1.67. The van der Waals surface area contributed by atoms with Gasteiger partial charge in [0.05, 0.1) is 30.3 Å². The fraction of sp³-hybridized carbons (Fsp3) is 0.818. The Morgan fingerprint density at radius 1 is 1.21 bits per heavy atom. The molecule has 2 bridgehead atoms. The maximum absolute atomic E-state index is 12.4. The smallest absolute Gasteiger partial charge is 0.209 e. The van der Waals surface area contributed by atoms with Gasteiger partial charge in [-0.3, -0.25) is 0 Å². The van der Waals surface area contributed by atoms with Gasteiger partial charge in [0.15, 0.2) is 5.76 Å². The van der Waals surface area contributed by atoms with Crippen LogP contribution in [0.5, 0.6) is 0 Å². The van der Waals surface area contributed by atoms with E-state index in [0.717, 1.165) is 37.3 Å². The highest BCUT2D eigenvalue weighted by atomic mass is 16.7. The number of aliphatic hydroxyl groups is 1. The number of allylic oxidation sites excluding steroid dienone is 3. The summed E-state index contributed by atoms with van der Waals surface area (Å²) in [6, 6.07) is 0.0685. The Hall–Kier alpha value is -1.08. The Morgan fingerprint density at radius 2 is 2.04 bits per heavy atom. The van der Waals surface area contributed by atoms with Crippen LogP contribution in [0.25, 0.3) is 0 Å². The van der Waals surface area contributed by atoms with E-state index in [1.807, 2.05) is 6.08 Å². The van der Waals surface area contributed by atoms with Crippen molar-refractivity contribution >= 4 is 0 Å². The van der Waals surface area contributed by atoms with E-state index >= 15 is 0 Å². The molecular weight excluding hydrogens is 358 g/mol. The first-order valence-electron chi connectivity index (χ1n) is 10.7. The normalized spacial score (nSPS) is 50.8. The van der Waals surface area contributed by atoms with E-state index in [4.69, 9.17) is 18.9 Å². The van der Waals surface area contributed by atoms with Crippen molar-refractivity contribution in [2.75, 3.05) is 27.3 Å². The summed E-state index contributed by atoms with van der Waals surface area (Å²) < 4.78 is 24.8. The lowest BCUT2D eigenvalue weighted by molar-refractivity contribution is -0.295. The molecule has 0 aromatic rings. The molecule has 0 aromatic carbocycles. The van der Waals surface area contributed by atoms with Crippen LogP contribution in [0.15, 0.2) is 23.7 Å². The summed E-state index contributed by atoms with van der Waals surface area (Å²) >= 11 is 0. The van der Waals surface area contributed by atoms with Gasteiger partial charge in [-0.25, -0.2) is 0 Å². The van der Waals surface area contributed by atoms with E-state index in [1.165, 1.54) is 0 Å². The van der Waals surface area contributed by atoms with Crippen molar-refractivity contribution in [2.45, 2.75) is 69.7 Å². The minimum atomic E-state index is -0.922. The Labute approximate surface area is 167 Å². The molecule has 1 saturated carbocycles. The van der Waals surface area contributed by atoms with E-state index in [-0.39, 0.29) is 24.2 Å². The molecule has 156 valence electrons. The van der Waals surface area contributed by atoms with Gasteiger partial charge < -0.3 is 29.0 Å². The van der Waals surface area contributed by atoms with Crippen molar-refractivity contribution < 1.29 is 24.1 Å². The average molecular weight is 392 g/mol. The first-order chi connectivity index (χ1) is 13.4. The van der Waals surface area contributed by atoms with Crippen LogP contribution in [0, 0.1) is 17.3 Å². The van der Waals surface area contributed by atoms with E-state index in [0.29, 0.717) is 18.9 Å². The highest BCUT2D eigenvalue weighted by Crippen LogP contribution is 2.67. The van der Waals surface area contributed by atoms with Crippen LogP contribution >= 0.6 is 0 Å². The minimum absolute atomic E-state index is 0.00471. The molecule has 6 heteroatoms. The summed E-state index contributed by atoms with van der Waals surface area (Å²) in [5.41, 5.74) is -1.40. The molecule has 1 spiro atoms. The van der Waals surface area contributed by atoms with Crippen molar-refractivity contribution in [2.24, 2.45) is 17.3 Å². The zero-order chi connectivity index (χ0) is 19.7. The number of ether oxygens (including phenoxy) is 4. The quantitative estimate of drug-likeness (QED) is 0.741. The van der Waals surface area contributed by atoms with Crippen LogP contribution in [0.3, 0.4) is 0 Å². The summed E-state index contributed by atoms with van der Waals surface area (Å²) in [5.74, 6) is 2.07. The maximum Gasteiger partial charge on any atom is 0.209 e. The van der Waals surface area contributed by atoms with E-state index in [9.17, 15) is 5.11 Å². The van der Waals surface area contributed by atoms with E-state index in [2.05, 4.69) is 31.9 Å². The van der Waals surface area contributed by atoms with Gasteiger partial charge in [0.1, 0.15) is 5.76 Å². The van der Waals surface area contributed by atoms with Crippen LogP contribution in [-0.2, 0) is 18.9 Å². The van der Waals surface area contributed by atoms with Crippen LogP contribution in [0.2, 0.25) is 0 Å². The number of likely N-dealkylation sites (N-methyl/N-ethyl adjacent to an activating group) is 1. The zero-order valence-corrected chi connectivity index (χ0v) is 17.4. The summed E-state index contributed by atoms with van der Waals surface area (Å²) in [4.78, 5) is 2.33. The van der Waals surface area contributed by atoms with Gasteiger partial charge >= 0.3 is 0 Å². The molecule has 5 aliphatic rings. The second-order valence-electron chi connectivity index (χ2n) is 9.44. The third-order valence-electron chi connectivity index (χ3n) is 8.05. The third-order valence-corrected chi connectivity index (χ3v) is 8.05. The summed E-state index contributed by atoms with van der Waals surface area (Å²) in [7, 11) is 3.83. The molecule has 3 heterocycles. The maximum atomic E-state index is 12.4. The van der Waals surface area contributed by atoms with Crippen molar-refractivity contribution in [1.82, 2.24) is 4.90 Å². The first-order valence-corrected chi connectivity index (χ1v) is 10.7. The van der Waals surface area contributed by atoms with Gasteiger partial charge in [0.25, 0.3) is 0 Å². The van der Waals surface area contributed by atoms with Gasteiger partial charge in [-0.05, 0) is 58.7 Å². The van der Waals surface area contributed by atoms with Crippen LogP contribution in [-0.4, -0.2) is 67.5 Å². The molecule has 1 N–H and O–H groups in total. The highest BCUT2D eigenvalue weighted by molar-refractivity contribution is 5.36. The molecule has 0 aromatic heterocycles. The van der Waals surface area contributed by atoms with E-state index < -0.39 is 17.3 Å². The van der Waals surface area contributed by atoms with Gasteiger partial charge in [-0.1, -0.05) is 6.08 Å². The number of rotatable bonds is 1. The molecule has 0 amide bonds. The molecule has 0 radical (unpaired) electrons. The SMILES string of the molecule is COC1=C2OC3O[C@@H](C)C[C@@H](C)OCCC4(O)[C@H]5CC(C=C1)C2[C@@]34CCN5C. The summed E-state index contributed by atoms with van der Waals surface area (Å²) in [6.45, 7) is 5.66. The van der Waals surface area contributed by atoms with Crippen LogP contribution in [0.4, 0.5) is 0 Å². The largest absolute Gasteiger partial charge is 0.493 e. The van der Waals surface area contributed by atoms with Gasteiger partial charge in [-0.15, -0.1) is 0 Å². The Morgan fingerprint density at radius 3 is 2.82 bits per heavy atom. The molecule has 8 atom stereocenters. The zero-order valence-electron chi connectivity index (χ0n) is 17.4. The highest BCUT2D eigenvalue weighted by Gasteiger charge is 2.75. The Bertz CT molecular complexity index is 707. The monoisotopic (exact) mass is 391 g/mol. The van der Waals surface area contributed by atoms with Crippen molar-refractivity contribution in [3.63, 3.8) is 0 Å². The van der Waals surface area contributed by atoms with Crippen LogP contribution in [0.1, 0.15) is 39.5 Å². The fourth-order valence-corrected chi connectivity index (χ4v) is 6.80. The Kier molecular flexibility index (Phi) is 4.36. The van der Waals surface area contributed by atoms with Crippen molar-refractivity contribution in [1.29, 1.82) is 0 Å². The van der Waals surface area contributed by atoms with Gasteiger partial charge in [-0.2, -0.15) is 0 Å². The van der Waals surface area contributed by atoms with Crippen molar-refractivity contribution in [3.8, 4) is 0 Å². The first kappa shape index (κ1) is 18.9. The second kappa shape index (κ2) is 6.46. The molecule has 6 nitrogen and oxygen atoms in total. The summed E-state index contributed by atoms with van der Waals surface area (Å²) in [5, 5.41) is 12.4. The predicted octanol–water partition coefficient (Wildman–Crippen LogP) is 2.43. The molecule has 3 saturated heterocycles. The molecule has 4 fully saturated rings. The molecule has 28 heavy (non-hydrogen) atoms. The number of likely N-dealkylation sites (tertiary alicyclic amines) is 1. The molecule has 4 unspecified atom stereocenters. The van der Waals surface area contributed by atoms with E-state index in [1.54, 1.807) is 7.11 Å². The lowest BCUT2D eigenvalue weighted by Gasteiger charge is -2.63. The number of hydrogen-bond acceptors (Lipinski definition) is 6. The van der Waals surface area contributed by atoms with Gasteiger partial charge in [0.2, 0.25) is 6.29 Å². The number of hydrogen-bond donors (Lipinski definition) is 1. The topological polar surface area (TPSA) is 60.4 Å². The lowest BCUT2D eigenvalue weighted by atomic mass is 9.48. The average Bonchev–Trinajstić information content (AvgIpc) is 2.96. The minimum Gasteiger partial charge on any atom is -0.493 e. The number of methoxy groups -OCH3 is 1. The van der Waals surface area contributed by atoms with Crippen molar-refractivity contribution in [3.05, 3.63) is 23.7 Å². The number of piperidine rings is 1. The number of nitrogens with zero attached hydrogens (tertiary/aromatic N) is 1. The second-order valence-corrected chi connectivity index (χ2v) is 9.44.